The molecular formula is C5H12N2. The van der Waals surface area contributed by atoms with Crippen molar-refractivity contribution in [2.45, 2.75) is 25.4 Å². The van der Waals surface area contributed by atoms with E-state index in [4.69, 9.17) is 5.73 Å². The molecule has 0 aromatic rings. The zero-order chi connectivity index (χ0) is 5.28. The molecule has 2 nitrogen and oxygen atoms in total. The molecule has 0 aliphatic carbocycles. The predicted octanol–water partition coefficient (Wildman–Crippen LogP) is -0.305. The van der Waals surface area contributed by atoms with E-state index >= 15 is 0 Å². The molecule has 1 rings (SSSR count). The maximum Gasteiger partial charge on any atom is 0.0321 e. The van der Waals surface area contributed by atoms with Gasteiger partial charge in [-0.15, -0.1) is 0 Å². The van der Waals surface area contributed by atoms with E-state index in [1.165, 1.54) is 6.42 Å². The topological polar surface area (TPSA) is 38.0 Å². The fourth-order valence-corrected chi connectivity index (χ4v) is 0.868. The molecule has 0 bridgehead atoms. The van der Waals surface area contributed by atoms with Crippen molar-refractivity contribution in [2.75, 3.05) is 6.54 Å². The minimum Gasteiger partial charge on any atom is -0.325 e. The van der Waals surface area contributed by atoms with Gasteiger partial charge in [0.25, 0.3) is 0 Å². The molecule has 0 unspecified atom stereocenters. The van der Waals surface area contributed by atoms with E-state index < -0.39 is 0 Å². The van der Waals surface area contributed by atoms with E-state index in [1.54, 1.807) is 0 Å². The first-order valence-electron chi connectivity index (χ1n) is 2.83. The molecule has 2 atom stereocenters. The van der Waals surface area contributed by atoms with Crippen molar-refractivity contribution in [3.8, 4) is 0 Å². The average Bonchev–Trinajstić information content (AvgIpc) is 1.65. The second-order valence-corrected chi connectivity index (χ2v) is 2.09. The van der Waals surface area contributed by atoms with Crippen LogP contribution in [0.25, 0.3) is 0 Å². The first-order valence-corrected chi connectivity index (χ1v) is 2.83. The lowest BCUT2D eigenvalue weighted by Crippen LogP contribution is -2.61. The number of rotatable bonds is 1. The molecule has 3 N–H and O–H groups in total. The number of nitrogens with one attached hydrogen (secondary N) is 1. The molecule has 2 heteroatoms. The van der Waals surface area contributed by atoms with E-state index in [9.17, 15) is 0 Å². The molecule has 0 aromatic heterocycles. The van der Waals surface area contributed by atoms with Crippen molar-refractivity contribution in [1.29, 1.82) is 0 Å². The van der Waals surface area contributed by atoms with E-state index in [-0.39, 0.29) is 0 Å². The van der Waals surface area contributed by atoms with Gasteiger partial charge in [-0.25, -0.2) is 0 Å². The molecular weight excluding hydrogens is 88.1 g/mol. The molecule has 0 radical (unpaired) electrons. The van der Waals surface area contributed by atoms with Crippen LogP contribution in [0.4, 0.5) is 0 Å². The summed E-state index contributed by atoms with van der Waals surface area (Å²) in [5.41, 5.74) is 5.57. The van der Waals surface area contributed by atoms with Gasteiger partial charge in [-0.05, 0) is 6.42 Å². The standard InChI is InChI=1S/C5H12N2/c1-2-5-4(6)3-7-5/h4-5,7H,2-3,6H2,1H3/t4-,5+/m0/s1. The average molecular weight is 100 g/mol. The quantitative estimate of drug-likeness (QED) is 0.474. The Morgan fingerprint density at radius 2 is 2.57 bits per heavy atom. The van der Waals surface area contributed by atoms with Crippen LogP contribution < -0.4 is 11.1 Å². The highest BCUT2D eigenvalue weighted by Crippen LogP contribution is 2.03. The van der Waals surface area contributed by atoms with Crippen LogP contribution in [-0.4, -0.2) is 18.6 Å². The Kier molecular flexibility index (Phi) is 1.30. The lowest BCUT2D eigenvalue weighted by atomic mass is 9.99. The van der Waals surface area contributed by atoms with Crippen molar-refractivity contribution in [1.82, 2.24) is 5.32 Å². The number of hydrogen-bond donors (Lipinski definition) is 2. The summed E-state index contributed by atoms with van der Waals surface area (Å²) in [4.78, 5) is 0. The Morgan fingerprint density at radius 3 is 2.57 bits per heavy atom. The molecule has 1 aliphatic heterocycles. The molecule has 7 heavy (non-hydrogen) atoms. The number of hydrogen-bond acceptors (Lipinski definition) is 2. The minimum absolute atomic E-state index is 0.435. The smallest absolute Gasteiger partial charge is 0.0321 e. The van der Waals surface area contributed by atoms with Crippen LogP contribution in [0.15, 0.2) is 0 Å². The van der Waals surface area contributed by atoms with Crippen molar-refractivity contribution in [3.05, 3.63) is 0 Å². The molecule has 0 saturated carbocycles. The van der Waals surface area contributed by atoms with Crippen LogP contribution >= 0.6 is 0 Å². The molecule has 1 aliphatic rings. The summed E-state index contributed by atoms with van der Waals surface area (Å²) in [7, 11) is 0. The Labute approximate surface area is 44.1 Å². The summed E-state index contributed by atoms with van der Waals surface area (Å²) < 4.78 is 0. The second kappa shape index (κ2) is 1.80. The highest BCUT2D eigenvalue weighted by atomic mass is 15.1. The predicted molar refractivity (Wildman–Crippen MR) is 30.1 cm³/mol. The van der Waals surface area contributed by atoms with Gasteiger partial charge in [0, 0.05) is 18.6 Å². The van der Waals surface area contributed by atoms with E-state index in [0.29, 0.717) is 12.1 Å². The second-order valence-electron chi connectivity index (χ2n) is 2.09. The van der Waals surface area contributed by atoms with Crippen LogP contribution in [0.1, 0.15) is 13.3 Å². The molecule has 0 spiro atoms. The van der Waals surface area contributed by atoms with Gasteiger partial charge in [0.15, 0.2) is 0 Å². The molecule has 1 fully saturated rings. The van der Waals surface area contributed by atoms with Gasteiger partial charge in [-0.3, -0.25) is 0 Å². The van der Waals surface area contributed by atoms with Crippen LogP contribution in [0.3, 0.4) is 0 Å². The van der Waals surface area contributed by atoms with Crippen LogP contribution in [-0.2, 0) is 0 Å². The largest absolute Gasteiger partial charge is 0.325 e. The van der Waals surface area contributed by atoms with Crippen LogP contribution in [0, 0.1) is 0 Å². The first-order chi connectivity index (χ1) is 3.34. The van der Waals surface area contributed by atoms with Crippen molar-refractivity contribution < 1.29 is 0 Å². The summed E-state index contributed by atoms with van der Waals surface area (Å²) >= 11 is 0. The molecule has 0 amide bonds. The summed E-state index contributed by atoms with van der Waals surface area (Å²) in [6.45, 7) is 3.16. The van der Waals surface area contributed by atoms with Crippen LogP contribution in [0.2, 0.25) is 0 Å². The molecule has 0 aromatic carbocycles. The van der Waals surface area contributed by atoms with Crippen molar-refractivity contribution in [3.63, 3.8) is 0 Å². The lowest BCUT2D eigenvalue weighted by Gasteiger charge is -2.34. The van der Waals surface area contributed by atoms with Crippen molar-refractivity contribution >= 4 is 0 Å². The monoisotopic (exact) mass is 100 g/mol. The van der Waals surface area contributed by atoms with E-state index in [1.807, 2.05) is 0 Å². The minimum atomic E-state index is 0.435. The van der Waals surface area contributed by atoms with Gasteiger partial charge in [-0.1, -0.05) is 6.92 Å². The Balaban J connectivity index is 2.16. The fraction of sp³-hybridized carbons (Fsp3) is 1.00. The van der Waals surface area contributed by atoms with Gasteiger partial charge >= 0.3 is 0 Å². The first kappa shape index (κ1) is 5.06. The fourth-order valence-electron chi connectivity index (χ4n) is 0.868. The lowest BCUT2D eigenvalue weighted by molar-refractivity contribution is 0.304. The molecule has 1 saturated heterocycles. The molecule has 1 heterocycles. The normalized spacial score (nSPS) is 40.3. The maximum absolute atomic E-state index is 5.57. The maximum atomic E-state index is 5.57. The summed E-state index contributed by atoms with van der Waals surface area (Å²) in [5, 5.41) is 3.22. The third-order valence-corrected chi connectivity index (χ3v) is 1.57. The Hall–Kier alpha value is -0.0800. The van der Waals surface area contributed by atoms with Gasteiger partial charge in [0.1, 0.15) is 0 Å². The van der Waals surface area contributed by atoms with Crippen molar-refractivity contribution in [2.24, 2.45) is 5.73 Å². The van der Waals surface area contributed by atoms with Gasteiger partial charge in [-0.2, -0.15) is 0 Å². The highest BCUT2D eigenvalue weighted by molar-refractivity contribution is 4.89. The zero-order valence-corrected chi connectivity index (χ0v) is 4.65. The number of nitrogens with two attached hydrogens (primary N) is 1. The third kappa shape index (κ3) is 0.763. The SMILES string of the molecule is CC[C@H]1NC[C@@H]1N. The Morgan fingerprint density at radius 1 is 1.86 bits per heavy atom. The zero-order valence-electron chi connectivity index (χ0n) is 4.65. The van der Waals surface area contributed by atoms with E-state index in [0.717, 1.165) is 6.54 Å². The van der Waals surface area contributed by atoms with Crippen LogP contribution in [0.5, 0.6) is 0 Å². The third-order valence-electron chi connectivity index (χ3n) is 1.57. The highest BCUT2D eigenvalue weighted by Gasteiger charge is 2.23. The summed E-state index contributed by atoms with van der Waals surface area (Å²) in [5.74, 6) is 0. The van der Waals surface area contributed by atoms with Gasteiger partial charge in [0.05, 0.1) is 0 Å². The summed E-state index contributed by atoms with van der Waals surface area (Å²) in [6.07, 6.45) is 1.17. The van der Waals surface area contributed by atoms with Gasteiger partial charge < -0.3 is 11.1 Å². The summed E-state index contributed by atoms with van der Waals surface area (Å²) in [6, 6.07) is 1.05. The molecule has 42 valence electrons. The van der Waals surface area contributed by atoms with Gasteiger partial charge in [0.2, 0.25) is 0 Å². The Bertz CT molecular complexity index is 61.1. The van der Waals surface area contributed by atoms with E-state index in [2.05, 4.69) is 12.2 Å².